The number of nitrogens with one attached hydrogen (secondary N) is 1. The molecule has 0 aromatic carbocycles. The van der Waals surface area contributed by atoms with Crippen molar-refractivity contribution < 1.29 is 29.0 Å². The van der Waals surface area contributed by atoms with Gasteiger partial charge in [-0.2, -0.15) is 0 Å². The van der Waals surface area contributed by atoms with E-state index in [4.69, 9.17) is 10.5 Å². The summed E-state index contributed by atoms with van der Waals surface area (Å²) in [7, 11) is 0. The number of hydrogen-bond acceptors (Lipinski definition) is 8. The fourth-order valence-corrected chi connectivity index (χ4v) is 6.40. The molecule has 0 aliphatic carbocycles. The molecule has 1 unspecified atom stereocenters. The third-order valence-electron chi connectivity index (χ3n) is 4.26. The zero-order chi connectivity index (χ0) is 20.5. The van der Waals surface area contributed by atoms with E-state index in [2.05, 4.69) is 5.32 Å². The Balaban J connectivity index is 1.82. The summed E-state index contributed by atoms with van der Waals surface area (Å²) < 4.78 is 3.75. The van der Waals surface area contributed by atoms with Crippen LogP contribution in [-0.4, -0.2) is 62.7 Å². The van der Waals surface area contributed by atoms with E-state index < -0.39 is 28.2 Å². The summed E-state index contributed by atoms with van der Waals surface area (Å²) in [6.45, 7) is -0.312. The Morgan fingerprint density at radius 2 is 2.25 bits per heavy atom. The van der Waals surface area contributed by atoms with E-state index in [-0.39, 0.29) is 36.0 Å². The lowest BCUT2D eigenvalue weighted by molar-refractivity contribution is -0.152. The number of thioether (sulfide) groups is 2. The van der Waals surface area contributed by atoms with Gasteiger partial charge in [-0.05, 0) is 17.7 Å². The van der Waals surface area contributed by atoms with Crippen molar-refractivity contribution in [3.63, 3.8) is 0 Å². The van der Waals surface area contributed by atoms with Crippen LogP contribution in [0, 0.1) is 0 Å². The van der Waals surface area contributed by atoms with Crippen molar-refractivity contribution in [3.8, 4) is 0 Å². The van der Waals surface area contributed by atoms with Crippen LogP contribution in [0.4, 0.5) is 4.79 Å². The number of rotatable bonds is 7. The molecule has 2 aliphatic rings. The fourth-order valence-electron chi connectivity index (χ4n) is 3.05. The lowest BCUT2D eigenvalue weighted by Crippen LogP contribution is -2.77. The summed E-state index contributed by atoms with van der Waals surface area (Å²) in [5.41, 5.74) is 4.99. The van der Waals surface area contributed by atoms with E-state index in [0.29, 0.717) is 0 Å². The van der Waals surface area contributed by atoms with Gasteiger partial charge in [0.15, 0.2) is 10.2 Å². The highest BCUT2D eigenvalue weighted by molar-refractivity contribution is 8.18. The Labute approximate surface area is 172 Å². The summed E-state index contributed by atoms with van der Waals surface area (Å²) in [5, 5.41) is 14.2. The fraction of sp³-hybridized carbons (Fsp3) is 0.375. The van der Waals surface area contributed by atoms with E-state index in [1.807, 2.05) is 17.5 Å². The van der Waals surface area contributed by atoms with E-state index in [9.17, 15) is 24.3 Å². The molecule has 0 bridgehead atoms. The number of amides is 3. The number of hydrogen-bond donors (Lipinski definition) is 3. The molecule has 2 aliphatic heterocycles. The van der Waals surface area contributed by atoms with Crippen LogP contribution in [-0.2, 0) is 25.5 Å². The van der Waals surface area contributed by atoms with Crippen molar-refractivity contribution in [1.82, 2.24) is 10.2 Å². The number of primary amides is 1. The summed E-state index contributed by atoms with van der Waals surface area (Å²) in [5.74, 6) is -1.91. The van der Waals surface area contributed by atoms with Gasteiger partial charge in [0.05, 0.1) is 6.42 Å². The minimum atomic E-state index is -1.31. The molecule has 1 aromatic rings. The van der Waals surface area contributed by atoms with E-state index in [1.165, 1.54) is 34.9 Å². The lowest BCUT2D eigenvalue weighted by atomic mass is 10.0. The summed E-state index contributed by atoms with van der Waals surface area (Å²) >= 11 is 4.03. The number of thiophene rings is 1. The van der Waals surface area contributed by atoms with E-state index in [0.717, 1.165) is 9.78 Å². The van der Waals surface area contributed by atoms with Crippen LogP contribution in [0.25, 0.3) is 0 Å². The smallest absolute Gasteiger partial charge is 0.404 e. The van der Waals surface area contributed by atoms with E-state index >= 15 is 0 Å². The normalized spacial score (nSPS) is 23.7. The molecule has 2 atom stereocenters. The standard InChI is InChI=1S/C16H17N3O6S3/c1-26-16-12(18-10(20)5-9-3-2-4-27-9)13(21)19(16)11(14(22)23)8(7-28-16)6-25-15(17)24/h2-4,12H,5-7H2,1H3,(H2,17,24)(H,18,20)(H,22,23)/t12?,16-/m1/s1. The van der Waals surface area contributed by atoms with Crippen molar-refractivity contribution in [2.75, 3.05) is 18.6 Å². The van der Waals surface area contributed by atoms with Crippen molar-refractivity contribution in [1.29, 1.82) is 0 Å². The Kier molecular flexibility index (Phi) is 5.91. The molecule has 9 nitrogen and oxygen atoms in total. The number of nitrogens with two attached hydrogens (primary N) is 1. The Morgan fingerprint density at radius 1 is 1.50 bits per heavy atom. The lowest BCUT2D eigenvalue weighted by Gasteiger charge is -2.57. The monoisotopic (exact) mass is 443 g/mol. The number of β-lactam (4-membered cyclic amide) rings is 1. The van der Waals surface area contributed by atoms with Gasteiger partial charge < -0.3 is 20.9 Å². The van der Waals surface area contributed by atoms with Crippen molar-refractivity contribution >= 4 is 58.7 Å². The Morgan fingerprint density at radius 3 is 2.82 bits per heavy atom. The number of nitrogens with zero attached hydrogens (tertiary/aromatic N) is 1. The molecule has 3 heterocycles. The predicted octanol–water partition coefficient (Wildman–Crippen LogP) is 0.815. The molecule has 12 heteroatoms. The summed E-state index contributed by atoms with van der Waals surface area (Å²) in [6.07, 6.45) is 0.864. The third kappa shape index (κ3) is 3.59. The first-order valence-electron chi connectivity index (χ1n) is 8.02. The maximum Gasteiger partial charge on any atom is 0.404 e. The van der Waals surface area contributed by atoms with Crippen LogP contribution in [0.15, 0.2) is 28.8 Å². The predicted molar refractivity (Wildman–Crippen MR) is 106 cm³/mol. The zero-order valence-electron chi connectivity index (χ0n) is 14.7. The average Bonchev–Trinajstić information content (AvgIpc) is 3.15. The highest BCUT2D eigenvalue weighted by atomic mass is 32.2. The van der Waals surface area contributed by atoms with Crippen LogP contribution >= 0.6 is 34.9 Å². The molecule has 3 amide bonds. The van der Waals surface area contributed by atoms with Crippen molar-refractivity contribution in [2.45, 2.75) is 16.7 Å². The van der Waals surface area contributed by atoms with Gasteiger partial charge in [-0.15, -0.1) is 34.9 Å². The van der Waals surface area contributed by atoms with Gasteiger partial charge in [0.2, 0.25) is 5.91 Å². The Bertz CT molecular complexity index is 856. The Hall–Kier alpha value is -2.18. The first-order chi connectivity index (χ1) is 13.3. The molecule has 3 rings (SSSR count). The minimum Gasteiger partial charge on any atom is -0.477 e. The first-order valence-corrected chi connectivity index (χ1v) is 11.1. The molecule has 28 heavy (non-hydrogen) atoms. The molecule has 150 valence electrons. The van der Waals surface area contributed by atoms with Crippen molar-refractivity contribution in [3.05, 3.63) is 33.7 Å². The quantitative estimate of drug-likeness (QED) is 0.526. The van der Waals surface area contributed by atoms with Gasteiger partial charge >= 0.3 is 12.1 Å². The highest BCUT2D eigenvalue weighted by Gasteiger charge is 2.65. The highest BCUT2D eigenvalue weighted by Crippen LogP contribution is 2.55. The molecule has 0 saturated carbocycles. The van der Waals surface area contributed by atoms with Gasteiger partial charge in [0, 0.05) is 16.2 Å². The molecule has 1 aromatic heterocycles. The van der Waals surface area contributed by atoms with Crippen LogP contribution in [0.5, 0.6) is 0 Å². The summed E-state index contributed by atoms with van der Waals surface area (Å²) in [4.78, 5) is 49.8. The van der Waals surface area contributed by atoms with Gasteiger partial charge in [-0.1, -0.05) is 6.07 Å². The number of carbonyl (C=O) groups is 4. The maximum absolute atomic E-state index is 12.8. The molecule has 1 fully saturated rings. The van der Waals surface area contributed by atoms with Crippen LogP contribution in [0.2, 0.25) is 0 Å². The third-order valence-corrected chi connectivity index (χ3v) is 8.32. The number of carbonyl (C=O) groups excluding carboxylic acids is 3. The van der Waals surface area contributed by atoms with Crippen LogP contribution in [0.1, 0.15) is 4.88 Å². The second kappa shape index (κ2) is 8.05. The SMILES string of the molecule is CS[C@]12SCC(COC(N)=O)=C(C(=O)O)N1C(=O)C2NC(=O)Cc1cccs1. The average molecular weight is 444 g/mol. The van der Waals surface area contributed by atoms with E-state index in [1.54, 1.807) is 6.26 Å². The second-order valence-corrected chi connectivity index (χ2v) is 9.44. The van der Waals surface area contributed by atoms with Gasteiger partial charge in [-0.3, -0.25) is 14.5 Å². The molecule has 1 saturated heterocycles. The number of ether oxygens (including phenoxy) is 1. The second-order valence-electron chi connectivity index (χ2n) is 5.92. The van der Waals surface area contributed by atoms with Gasteiger partial charge in [0.25, 0.3) is 5.91 Å². The molecular formula is C16H17N3O6S3. The van der Waals surface area contributed by atoms with Gasteiger partial charge in [0.1, 0.15) is 12.3 Å². The molecule has 0 spiro atoms. The molecule has 4 N–H and O–H groups in total. The summed E-state index contributed by atoms with van der Waals surface area (Å²) in [6, 6.07) is 2.81. The van der Waals surface area contributed by atoms with Crippen LogP contribution in [0.3, 0.4) is 0 Å². The number of carboxylic acids is 1. The van der Waals surface area contributed by atoms with Gasteiger partial charge in [-0.25, -0.2) is 9.59 Å². The minimum absolute atomic E-state index is 0.149. The number of carboxylic acid groups (broad SMARTS) is 1. The maximum atomic E-state index is 12.8. The van der Waals surface area contributed by atoms with Crippen LogP contribution < -0.4 is 11.1 Å². The topological polar surface area (TPSA) is 139 Å². The molecular weight excluding hydrogens is 426 g/mol. The first kappa shape index (κ1) is 20.6. The zero-order valence-corrected chi connectivity index (χ0v) is 17.1. The number of fused-ring (bicyclic) bond motifs is 1. The molecule has 0 radical (unpaired) electrons. The van der Waals surface area contributed by atoms with Crippen molar-refractivity contribution in [2.24, 2.45) is 5.73 Å². The largest absolute Gasteiger partial charge is 0.477 e. The number of aliphatic carboxylic acids is 1.